The molecule has 0 atom stereocenters. The Morgan fingerprint density at radius 2 is 1.76 bits per heavy atom. The smallest absolute Gasteiger partial charge is 0.208 e. The first-order valence-corrected chi connectivity index (χ1v) is 7.23. The number of fused-ring (bicyclic) bond motifs is 1. The first-order valence-electron chi connectivity index (χ1n) is 6.48. The summed E-state index contributed by atoms with van der Waals surface area (Å²) >= 11 is 12.3. The molecule has 0 unspecified atom stereocenters. The number of rotatable bonds is 4. The van der Waals surface area contributed by atoms with E-state index < -0.39 is 0 Å². The first kappa shape index (κ1) is 14.2. The third kappa shape index (κ3) is 2.70. The van der Waals surface area contributed by atoms with E-state index in [1.165, 1.54) is 0 Å². The first-order chi connectivity index (χ1) is 10.2. The van der Waals surface area contributed by atoms with Gasteiger partial charge in [-0.2, -0.15) is 0 Å². The van der Waals surface area contributed by atoms with Crippen molar-refractivity contribution in [3.63, 3.8) is 0 Å². The molecule has 2 aromatic carbocycles. The number of hydrogen-bond donors (Lipinski definition) is 2. The molecule has 0 aliphatic rings. The number of halogens is 2. The predicted molar refractivity (Wildman–Crippen MR) is 86.6 cm³/mol. The third-order valence-corrected chi connectivity index (χ3v) is 3.81. The average molecular weight is 322 g/mol. The largest absolute Gasteiger partial charge is 0.395 e. The van der Waals surface area contributed by atoms with Crippen molar-refractivity contribution in [3.05, 3.63) is 52.5 Å². The van der Waals surface area contributed by atoms with E-state index in [0.29, 0.717) is 28.2 Å². The van der Waals surface area contributed by atoms with Gasteiger partial charge in [0.2, 0.25) is 5.95 Å². The molecule has 0 radical (unpaired) electrons. The lowest BCUT2D eigenvalue weighted by Gasteiger charge is -2.12. The number of anilines is 2. The van der Waals surface area contributed by atoms with Crippen molar-refractivity contribution in [2.45, 2.75) is 6.54 Å². The topological polar surface area (TPSA) is 50.1 Å². The van der Waals surface area contributed by atoms with E-state index in [-0.39, 0.29) is 6.61 Å². The fourth-order valence-electron chi connectivity index (χ4n) is 2.23. The van der Waals surface area contributed by atoms with Crippen molar-refractivity contribution in [1.82, 2.24) is 9.55 Å². The van der Waals surface area contributed by atoms with Crippen LogP contribution >= 0.6 is 23.2 Å². The summed E-state index contributed by atoms with van der Waals surface area (Å²) in [7, 11) is 0. The molecule has 21 heavy (non-hydrogen) atoms. The van der Waals surface area contributed by atoms with Crippen molar-refractivity contribution >= 4 is 45.9 Å². The number of aromatic nitrogens is 2. The van der Waals surface area contributed by atoms with Gasteiger partial charge in [0.1, 0.15) is 0 Å². The summed E-state index contributed by atoms with van der Waals surface area (Å²) in [6.45, 7) is 0.455. The van der Waals surface area contributed by atoms with Crippen LogP contribution < -0.4 is 5.32 Å². The Morgan fingerprint density at radius 1 is 1.05 bits per heavy atom. The molecule has 0 bridgehead atoms. The Labute approximate surface area is 131 Å². The van der Waals surface area contributed by atoms with Gasteiger partial charge in [0.15, 0.2) is 0 Å². The molecule has 0 aliphatic carbocycles. The van der Waals surface area contributed by atoms with Crippen LogP contribution in [0.4, 0.5) is 11.6 Å². The van der Waals surface area contributed by atoms with Gasteiger partial charge in [0.25, 0.3) is 0 Å². The van der Waals surface area contributed by atoms with E-state index in [4.69, 9.17) is 23.2 Å². The fourth-order valence-corrected chi connectivity index (χ4v) is 2.72. The van der Waals surface area contributed by atoms with Crippen LogP contribution in [0.1, 0.15) is 0 Å². The molecule has 2 N–H and O–H groups in total. The second-order valence-electron chi connectivity index (χ2n) is 4.52. The Bertz CT molecular complexity index is 765. The van der Waals surface area contributed by atoms with Gasteiger partial charge < -0.3 is 15.0 Å². The second kappa shape index (κ2) is 5.93. The number of para-hydroxylation sites is 3. The highest BCUT2D eigenvalue weighted by Crippen LogP contribution is 2.33. The molecule has 6 heteroatoms. The Hall–Kier alpha value is -1.75. The van der Waals surface area contributed by atoms with Crippen LogP contribution in [0.2, 0.25) is 10.0 Å². The lowest BCUT2D eigenvalue weighted by molar-refractivity contribution is 0.278. The normalized spacial score (nSPS) is 11.0. The molecule has 0 fully saturated rings. The van der Waals surface area contributed by atoms with Gasteiger partial charge in [-0.15, -0.1) is 0 Å². The Kier molecular flexibility index (Phi) is 4.01. The number of aliphatic hydroxyl groups is 1. The molecule has 0 saturated carbocycles. The lowest BCUT2D eigenvalue weighted by Crippen LogP contribution is -2.07. The summed E-state index contributed by atoms with van der Waals surface area (Å²) in [6.07, 6.45) is 0. The van der Waals surface area contributed by atoms with Crippen molar-refractivity contribution in [1.29, 1.82) is 0 Å². The van der Waals surface area contributed by atoms with Crippen molar-refractivity contribution in [3.8, 4) is 0 Å². The molecule has 1 aromatic heterocycles. The van der Waals surface area contributed by atoms with Crippen molar-refractivity contribution in [2.75, 3.05) is 11.9 Å². The minimum atomic E-state index is 0.0191. The molecule has 0 spiro atoms. The van der Waals surface area contributed by atoms with E-state index in [9.17, 15) is 5.11 Å². The zero-order chi connectivity index (χ0) is 14.8. The molecule has 0 amide bonds. The van der Waals surface area contributed by atoms with E-state index in [1.807, 2.05) is 28.8 Å². The van der Waals surface area contributed by atoms with Crippen LogP contribution in [-0.4, -0.2) is 21.3 Å². The van der Waals surface area contributed by atoms with Crippen LogP contribution in [0.3, 0.4) is 0 Å². The number of benzene rings is 2. The number of hydrogen-bond acceptors (Lipinski definition) is 3. The highest BCUT2D eigenvalue weighted by molar-refractivity contribution is 6.39. The van der Waals surface area contributed by atoms with E-state index in [1.54, 1.807) is 18.2 Å². The van der Waals surface area contributed by atoms with Gasteiger partial charge in [0, 0.05) is 6.54 Å². The molecule has 0 aliphatic heterocycles. The maximum absolute atomic E-state index is 9.27. The zero-order valence-electron chi connectivity index (χ0n) is 11.1. The van der Waals surface area contributed by atoms with Crippen molar-refractivity contribution in [2.24, 2.45) is 0 Å². The monoisotopic (exact) mass is 321 g/mol. The van der Waals surface area contributed by atoms with E-state index in [0.717, 1.165) is 11.0 Å². The summed E-state index contributed by atoms with van der Waals surface area (Å²) in [6, 6.07) is 13.0. The molecule has 1 heterocycles. The number of nitrogens with zero attached hydrogens (tertiary/aromatic N) is 2. The predicted octanol–water partition coefficient (Wildman–Crippen LogP) is 4.08. The molecule has 0 saturated heterocycles. The second-order valence-corrected chi connectivity index (χ2v) is 5.34. The van der Waals surface area contributed by atoms with Gasteiger partial charge in [-0.1, -0.05) is 41.4 Å². The van der Waals surface area contributed by atoms with Gasteiger partial charge in [0.05, 0.1) is 33.4 Å². The fraction of sp³-hybridized carbons (Fsp3) is 0.133. The highest BCUT2D eigenvalue weighted by Gasteiger charge is 2.13. The van der Waals surface area contributed by atoms with Gasteiger partial charge in [-0.05, 0) is 24.3 Å². The number of aliphatic hydroxyl groups excluding tert-OH is 1. The lowest BCUT2D eigenvalue weighted by atomic mass is 10.3. The van der Waals surface area contributed by atoms with Crippen LogP contribution in [-0.2, 0) is 6.54 Å². The summed E-state index contributed by atoms with van der Waals surface area (Å²) in [5.41, 5.74) is 2.39. The molecule has 4 nitrogen and oxygen atoms in total. The minimum absolute atomic E-state index is 0.0191. The summed E-state index contributed by atoms with van der Waals surface area (Å²) in [5.74, 6) is 0.597. The highest BCUT2D eigenvalue weighted by atomic mass is 35.5. The summed E-state index contributed by atoms with van der Waals surface area (Å²) in [4.78, 5) is 4.53. The summed E-state index contributed by atoms with van der Waals surface area (Å²) in [5, 5.41) is 13.5. The Morgan fingerprint density at radius 3 is 2.48 bits per heavy atom. The minimum Gasteiger partial charge on any atom is -0.395 e. The molecule has 3 rings (SSSR count). The molecular weight excluding hydrogens is 309 g/mol. The molecule has 3 aromatic rings. The van der Waals surface area contributed by atoms with Crippen molar-refractivity contribution < 1.29 is 5.11 Å². The maximum Gasteiger partial charge on any atom is 0.208 e. The van der Waals surface area contributed by atoms with Crippen LogP contribution in [0.15, 0.2) is 42.5 Å². The SMILES string of the molecule is OCCn1c(Nc2c(Cl)cccc2Cl)nc2ccccc21. The maximum atomic E-state index is 9.27. The molecular formula is C15H13Cl2N3O. The number of imidazole rings is 1. The van der Waals surface area contributed by atoms with Crippen LogP contribution in [0.5, 0.6) is 0 Å². The summed E-state index contributed by atoms with van der Waals surface area (Å²) < 4.78 is 1.90. The van der Waals surface area contributed by atoms with E-state index in [2.05, 4.69) is 10.3 Å². The van der Waals surface area contributed by atoms with Crippen LogP contribution in [0, 0.1) is 0 Å². The van der Waals surface area contributed by atoms with Gasteiger partial charge in [-0.25, -0.2) is 4.98 Å². The average Bonchev–Trinajstić information content (AvgIpc) is 2.82. The van der Waals surface area contributed by atoms with Gasteiger partial charge in [-0.3, -0.25) is 0 Å². The quantitative estimate of drug-likeness (QED) is 0.761. The number of nitrogens with one attached hydrogen (secondary N) is 1. The zero-order valence-corrected chi connectivity index (χ0v) is 12.6. The van der Waals surface area contributed by atoms with Gasteiger partial charge >= 0.3 is 0 Å². The Balaban J connectivity index is 2.10. The standard InChI is InChI=1S/C15H13Cl2N3O/c16-10-4-3-5-11(17)14(10)19-15-18-12-6-1-2-7-13(12)20(15)8-9-21/h1-7,21H,8-9H2,(H,18,19). The molecule has 108 valence electrons. The van der Waals surface area contributed by atoms with Crippen LogP contribution in [0.25, 0.3) is 11.0 Å². The third-order valence-electron chi connectivity index (χ3n) is 3.18. The van der Waals surface area contributed by atoms with E-state index >= 15 is 0 Å².